The van der Waals surface area contributed by atoms with Gasteiger partial charge in [0.2, 0.25) is 0 Å². The summed E-state index contributed by atoms with van der Waals surface area (Å²) >= 11 is 0. The fourth-order valence-electron chi connectivity index (χ4n) is 2.20. The first-order valence-corrected chi connectivity index (χ1v) is 5.12. The zero-order chi connectivity index (χ0) is 10.2. The fraction of sp³-hybridized carbons (Fsp3) is 0.583. The maximum Gasteiger partial charge on any atom is 0.0697 e. The van der Waals surface area contributed by atoms with Crippen LogP contribution < -0.4 is 0 Å². The summed E-state index contributed by atoms with van der Waals surface area (Å²) in [6.45, 7) is 6.99. The predicted octanol–water partition coefficient (Wildman–Crippen LogP) is 2.11. The Labute approximate surface area is 85.5 Å². The highest BCUT2D eigenvalue weighted by Crippen LogP contribution is 2.29. The van der Waals surface area contributed by atoms with Crippen molar-refractivity contribution in [1.82, 2.24) is 4.90 Å². The number of hydrogen-bond acceptors (Lipinski definition) is 2. The molecule has 0 aromatic heterocycles. The van der Waals surface area contributed by atoms with E-state index >= 15 is 0 Å². The van der Waals surface area contributed by atoms with Gasteiger partial charge < -0.3 is 0 Å². The van der Waals surface area contributed by atoms with Crippen molar-refractivity contribution >= 4 is 0 Å². The molecule has 0 radical (unpaired) electrons. The SMILES string of the molecule is CC(C)(C#N)CN1CC2=C(CC=C2)C1. The van der Waals surface area contributed by atoms with E-state index in [-0.39, 0.29) is 5.41 Å². The third-order valence-corrected chi connectivity index (χ3v) is 2.87. The van der Waals surface area contributed by atoms with E-state index in [9.17, 15) is 0 Å². The summed E-state index contributed by atoms with van der Waals surface area (Å²) in [6, 6.07) is 2.36. The Balaban J connectivity index is 1.94. The van der Waals surface area contributed by atoms with Crippen molar-refractivity contribution in [3.8, 4) is 6.07 Å². The largest absolute Gasteiger partial charge is 0.294 e. The Hall–Kier alpha value is -1.07. The zero-order valence-corrected chi connectivity index (χ0v) is 8.88. The summed E-state index contributed by atoms with van der Waals surface area (Å²) in [5, 5.41) is 8.95. The maximum atomic E-state index is 8.95. The number of allylic oxidation sites excluding steroid dienone is 1. The Bertz CT molecular complexity index is 342. The highest BCUT2D eigenvalue weighted by Gasteiger charge is 2.27. The van der Waals surface area contributed by atoms with Gasteiger partial charge in [0.15, 0.2) is 0 Å². The van der Waals surface area contributed by atoms with Crippen molar-refractivity contribution in [3.05, 3.63) is 23.3 Å². The summed E-state index contributed by atoms with van der Waals surface area (Å²) in [4.78, 5) is 2.37. The highest BCUT2D eigenvalue weighted by atomic mass is 15.1. The lowest BCUT2D eigenvalue weighted by Crippen LogP contribution is -2.32. The Morgan fingerprint density at radius 3 is 2.93 bits per heavy atom. The van der Waals surface area contributed by atoms with Gasteiger partial charge in [-0.05, 0) is 31.4 Å². The molecule has 0 spiro atoms. The van der Waals surface area contributed by atoms with Gasteiger partial charge in [0, 0.05) is 19.6 Å². The summed E-state index contributed by atoms with van der Waals surface area (Å²) in [7, 11) is 0. The average Bonchev–Trinajstić information content (AvgIpc) is 2.63. The Morgan fingerprint density at radius 2 is 2.29 bits per heavy atom. The van der Waals surface area contributed by atoms with Crippen molar-refractivity contribution in [2.24, 2.45) is 5.41 Å². The molecule has 2 rings (SSSR count). The molecule has 2 aliphatic rings. The molecule has 0 amide bonds. The van der Waals surface area contributed by atoms with Gasteiger partial charge in [-0.15, -0.1) is 0 Å². The third-order valence-electron chi connectivity index (χ3n) is 2.87. The van der Waals surface area contributed by atoms with E-state index in [1.165, 1.54) is 5.57 Å². The van der Waals surface area contributed by atoms with Gasteiger partial charge in [-0.3, -0.25) is 4.90 Å². The van der Waals surface area contributed by atoms with Crippen molar-refractivity contribution in [3.63, 3.8) is 0 Å². The molecule has 14 heavy (non-hydrogen) atoms. The van der Waals surface area contributed by atoms with Crippen LogP contribution in [0.2, 0.25) is 0 Å². The van der Waals surface area contributed by atoms with Gasteiger partial charge in [-0.1, -0.05) is 12.2 Å². The molecule has 0 saturated carbocycles. The van der Waals surface area contributed by atoms with Crippen LogP contribution in [-0.2, 0) is 0 Å². The Kier molecular flexibility index (Phi) is 2.20. The molecule has 0 unspecified atom stereocenters. The van der Waals surface area contributed by atoms with Gasteiger partial charge in [-0.2, -0.15) is 5.26 Å². The molecule has 1 aliphatic carbocycles. The van der Waals surface area contributed by atoms with E-state index in [0.717, 1.165) is 26.1 Å². The first-order chi connectivity index (χ1) is 6.61. The monoisotopic (exact) mass is 188 g/mol. The van der Waals surface area contributed by atoms with Crippen LogP contribution in [0.15, 0.2) is 23.3 Å². The van der Waals surface area contributed by atoms with Crippen molar-refractivity contribution in [2.45, 2.75) is 20.3 Å². The molecule has 0 saturated heterocycles. The first kappa shape index (κ1) is 9.48. The highest BCUT2D eigenvalue weighted by molar-refractivity contribution is 5.39. The van der Waals surface area contributed by atoms with Gasteiger partial charge >= 0.3 is 0 Å². The van der Waals surface area contributed by atoms with Gasteiger partial charge in [0.25, 0.3) is 0 Å². The number of nitrogens with zero attached hydrogens (tertiary/aromatic N) is 2. The summed E-state index contributed by atoms with van der Waals surface area (Å²) < 4.78 is 0. The van der Waals surface area contributed by atoms with Gasteiger partial charge in [-0.25, -0.2) is 0 Å². The lowest BCUT2D eigenvalue weighted by Gasteiger charge is -2.24. The first-order valence-electron chi connectivity index (χ1n) is 5.12. The maximum absolute atomic E-state index is 8.95. The van der Waals surface area contributed by atoms with Crippen molar-refractivity contribution < 1.29 is 0 Å². The molecule has 1 heterocycles. The van der Waals surface area contributed by atoms with Gasteiger partial charge in [0.1, 0.15) is 0 Å². The van der Waals surface area contributed by atoms with E-state index in [4.69, 9.17) is 5.26 Å². The second-order valence-corrected chi connectivity index (χ2v) is 4.88. The summed E-state index contributed by atoms with van der Waals surface area (Å²) in [5.74, 6) is 0. The molecule has 0 aromatic rings. The van der Waals surface area contributed by atoms with E-state index in [0.29, 0.717) is 0 Å². The fourth-order valence-corrected chi connectivity index (χ4v) is 2.20. The minimum atomic E-state index is -0.219. The molecule has 0 aromatic carbocycles. The van der Waals surface area contributed by atoms with Crippen LogP contribution in [0.25, 0.3) is 0 Å². The molecule has 2 nitrogen and oxygen atoms in total. The third kappa shape index (κ3) is 1.73. The zero-order valence-electron chi connectivity index (χ0n) is 8.88. The van der Waals surface area contributed by atoms with Crippen LogP contribution in [0, 0.1) is 16.7 Å². The van der Waals surface area contributed by atoms with E-state index in [2.05, 4.69) is 23.1 Å². The van der Waals surface area contributed by atoms with Crippen molar-refractivity contribution in [1.29, 1.82) is 5.26 Å². The molecular weight excluding hydrogens is 172 g/mol. The number of hydrogen-bond donors (Lipinski definition) is 0. The van der Waals surface area contributed by atoms with E-state index in [1.807, 2.05) is 13.8 Å². The average molecular weight is 188 g/mol. The molecular formula is C12H16N2. The van der Waals surface area contributed by atoms with Crippen LogP contribution in [0.1, 0.15) is 20.3 Å². The number of nitriles is 1. The van der Waals surface area contributed by atoms with Crippen LogP contribution in [0.4, 0.5) is 0 Å². The number of rotatable bonds is 2. The lowest BCUT2D eigenvalue weighted by atomic mass is 9.95. The smallest absolute Gasteiger partial charge is 0.0697 e. The minimum absolute atomic E-state index is 0.219. The summed E-state index contributed by atoms with van der Waals surface area (Å²) in [6.07, 6.45) is 5.59. The molecule has 2 heteroatoms. The minimum Gasteiger partial charge on any atom is -0.294 e. The molecule has 74 valence electrons. The van der Waals surface area contributed by atoms with Crippen LogP contribution in [0.5, 0.6) is 0 Å². The van der Waals surface area contributed by atoms with Crippen LogP contribution >= 0.6 is 0 Å². The molecule has 0 bridgehead atoms. The predicted molar refractivity (Wildman–Crippen MR) is 56.6 cm³/mol. The lowest BCUT2D eigenvalue weighted by molar-refractivity contribution is 0.260. The van der Waals surface area contributed by atoms with Crippen LogP contribution in [0.3, 0.4) is 0 Å². The molecule has 0 fully saturated rings. The second kappa shape index (κ2) is 3.25. The van der Waals surface area contributed by atoms with Crippen molar-refractivity contribution in [2.75, 3.05) is 19.6 Å². The molecule has 0 atom stereocenters. The summed E-state index contributed by atoms with van der Waals surface area (Å²) in [5.41, 5.74) is 2.82. The molecule has 0 N–H and O–H groups in total. The quantitative estimate of drug-likeness (QED) is 0.663. The Morgan fingerprint density at radius 1 is 1.50 bits per heavy atom. The topological polar surface area (TPSA) is 27.0 Å². The van der Waals surface area contributed by atoms with Gasteiger partial charge in [0.05, 0.1) is 11.5 Å². The normalized spacial score (nSPS) is 21.5. The molecule has 1 aliphatic heterocycles. The van der Waals surface area contributed by atoms with E-state index in [1.54, 1.807) is 5.57 Å². The van der Waals surface area contributed by atoms with E-state index < -0.39 is 0 Å². The second-order valence-electron chi connectivity index (χ2n) is 4.88. The standard InChI is InChI=1S/C12H16N2/c1-12(2,8-13)9-14-6-10-4-3-5-11(10)7-14/h3-4H,5-7,9H2,1-2H3. The van der Waals surface area contributed by atoms with Crippen LogP contribution in [-0.4, -0.2) is 24.5 Å².